The fraction of sp³-hybridized carbons (Fsp3) is 0.500. The van der Waals surface area contributed by atoms with Crippen molar-refractivity contribution in [3.05, 3.63) is 18.2 Å². The largest absolute Gasteiger partial charge is 0.495 e. The summed E-state index contributed by atoms with van der Waals surface area (Å²) in [5.41, 5.74) is 6.09. The van der Waals surface area contributed by atoms with Crippen molar-refractivity contribution in [2.24, 2.45) is 0 Å². The van der Waals surface area contributed by atoms with E-state index < -0.39 is 10.0 Å². The van der Waals surface area contributed by atoms with Crippen LogP contribution in [0.5, 0.6) is 5.75 Å². The summed E-state index contributed by atoms with van der Waals surface area (Å²) in [5.74, 6) is 0.265. The molecule has 0 aliphatic heterocycles. The van der Waals surface area contributed by atoms with Gasteiger partial charge in [0.1, 0.15) is 10.6 Å². The quantitative estimate of drug-likeness (QED) is 0.777. The molecule has 1 aromatic carbocycles. The lowest BCUT2D eigenvalue weighted by Gasteiger charge is -2.15. The minimum Gasteiger partial charge on any atom is -0.495 e. The molecule has 1 fully saturated rings. The second kappa shape index (κ2) is 5.22. The zero-order valence-electron chi connectivity index (χ0n) is 11.0. The molecular weight excluding hydrogens is 284 g/mol. The SMILES string of the molecule is COc1cc(N)ccc1S(=O)(=O)NCC1(SC)CC1. The van der Waals surface area contributed by atoms with Crippen molar-refractivity contribution in [2.45, 2.75) is 22.5 Å². The van der Waals surface area contributed by atoms with E-state index in [0.29, 0.717) is 12.2 Å². The van der Waals surface area contributed by atoms with Crippen LogP contribution in [0.4, 0.5) is 5.69 Å². The Labute approximate surface area is 118 Å². The van der Waals surface area contributed by atoms with Crippen LogP contribution in [0.15, 0.2) is 23.1 Å². The fourth-order valence-electron chi connectivity index (χ4n) is 1.80. The maximum Gasteiger partial charge on any atom is 0.244 e. The average molecular weight is 302 g/mol. The molecule has 19 heavy (non-hydrogen) atoms. The Hall–Kier alpha value is -0.920. The highest BCUT2D eigenvalue weighted by Gasteiger charge is 2.42. The van der Waals surface area contributed by atoms with Crippen LogP contribution in [0.3, 0.4) is 0 Å². The lowest BCUT2D eigenvalue weighted by molar-refractivity contribution is 0.402. The van der Waals surface area contributed by atoms with Crippen molar-refractivity contribution in [3.63, 3.8) is 0 Å². The molecule has 106 valence electrons. The summed E-state index contributed by atoms with van der Waals surface area (Å²) in [6.07, 6.45) is 4.11. The van der Waals surface area contributed by atoms with Crippen LogP contribution in [0.1, 0.15) is 12.8 Å². The predicted molar refractivity (Wildman–Crippen MR) is 78.1 cm³/mol. The summed E-state index contributed by atoms with van der Waals surface area (Å²) in [7, 11) is -2.14. The zero-order valence-corrected chi connectivity index (χ0v) is 12.6. The summed E-state index contributed by atoms with van der Waals surface area (Å²) >= 11 is 1.71. The van der Waals surface area contributed by atoms with Crippen LogP contribution >= 0.6 is 11.8 Å². The number of methoxy groups -OCH3 is 1. The summed E-state index contributed by atoms with van der Waals surface area (Å²) in [5, 5.41) is 0. The molecule has 5 nitrogen and oxygen atoms in total. The van der Waals surface area contributed by atoms with Crippen LogP contribution in [-0.4, -0.2) is 33.1 Å². The van der Waals surface area contributed by atoms with Crippen molar-refractivity contribution >= 4 is 27.5 Å². The molecule has 1 saturated carbocycles. The standard InChI is InChI=1S/C12H18N2O3S2/c1-17-10-7-9(13)3-4-11(10)19(15,16)14-8-12(18-2)5-6-12/h3-4,7,14H,5-6,8,13H2,1-2H3. The average Bonchev–Trinajstić information content (AvgIpc) is 3.17. The van der Waals surface area contributed by atoms with E-state index in [9.17, 15) is 8.42 Å². The zero-order chi connectivity index (χ0) is 14.1. The first kappa shape index (κ1) is 14.5. The number of benzene rings is 1. The van der Waals surface area contributed by atoms with E-state index in [4.69, 9.17) is 10.5 Å². The van der Waals surface area contributed by atoms with Crippen molar-refractivity contribution in [2.75, 3.05) is 25.6 Å². The van der Waals surface area contributed by atoms with Crippen molar-refractivity contribution < 1.29 is 13.2 Å². The molecule has 1 aliphatic carbocycles. The number of hydrogen-bond donors (Lipinski definition) is 2. The molecule has 0 amide bonds. The van der Waals surface area contributed by atoms with E-state index in [1.165, 1.54) is 19.2 Å². The van der Waals surface area contributed by atoms with Gasteiger partial charge in [-0.15, -0.1) is 0 Å². The molecular formula is C12H18N2O3S2. The van der Waals surface area contributed by atoms with Gasteiger partial charge in [0.05, 0.1) is 7.11 Å². The molecule has 0 spiro atoms. The third-order valence-electron chi connectivity index (χ3n) is 3.30. The Kier molecular flexibility index (Phi) is 3.98. The van der Waals surface area contributed by atoms with Gasteiger partial charge in [0, 0.05) is 23.0 Å². The van der Waals surface area contributed by atoms with Gasteiger partial charge in [0.15, 0.2) is 0 Å². The van der Waals surface area contributed by atoms with Crippen LogP contribution in [-0.2, 0) is 10.0 Å². The van der Waals surface area contributed by atoms with Crippen molar-refractivity contribution in [1.82, 2.24) is 4.72 Å². The monoisotopic (exact) mass is 302 g/mol. The Morgan fingerprint density at radius 3 is 2.68 bits per heavy atom. The minimum absolute atomic E-state index is 0.0775. The fourth-order valence-corrected chi connectivity index (χ4v) is 3.90. The maximum absolute atomic E-state index is 12.3. The number of anilines is 1. The van der Waals surface area contributed by atoms with Gasteiger partial charge in [-0.1, -0.05) is 0 Å². The van der Waals surface area contributed by atoms with Crippen LogP contribution in [0, 0.1) is 0 Å². The van der Waals surface area contributed by atoms with Crippen LogP contribution in [0.2, 0.25) is 0 Å². The predicted octanol–water partition coefficient (Wildman–Crippen LogP) is 1.45. The van der Waals surface area contributed by atoms with Gasteiger partial charge < -0.3 is 10.5 Å². The molecule has 0 atom stereocenters. The molecule has 7 heteroatoms. The molecule has 1 aromatic rings. The first-order valence-corrected chi connectivity index (χ1v) is 8.62. The lowest BCUT2D eigenvalue weighted by atomic mass is 10.3. The van der Waals surface area contributed by atoms with Gasteiger partial charge >= 0.3 is 0 Å². The number of rotatable bonds is 6. The van der Waals surface area contributed by atoms with Gasteiger partial charge in [0.2, 0.25) is 10.0 Å². The third kappa shape index (κ3) is 3.16. The van der Waals surface area contributed by atoms with Crippen molar-refractivity contribution in [3.8, 4) is 5.75 Å². The molecule has 0 heterocycles. The molecule has 0 saturated heterocycles. The summed E-state index contributed by atoms with van der Waals surface area (Å²) in [4.78, 5) is 0.126. The Morgan fingerprint density at radius 1 is 1.47 bits per heavy atom. The Morgan fingerprint density at radius 2 is 2.16 bits per heavy atom. The maximum atomic E-state index is 12.3. The van der Waals surface area contributed by atoms with E-state index >= 15 is 0 Å². The topological polar surface area (TPSA) is 81.4 Å². The van der Waals surface area contributed by atoms with Crippen LogP contribution in [0.25, 0.3) is 0 Å². The number of thioether (sulfide) groups is 1. The number of ether oxygens (including phenoxy) is 1. The number of nitrogens with two attached hydrogens (primary N) is 1. The molecule has 0 bridgehead atoms. The smallest absolute Gasteiger partial charge is 0.244 e. The normalized spacial score (nSPS) is 17.2. The Balaban J connectivity index is 2.19. The van der Waals surface area contributed by atoms with Gasteiger partial charge in [-0.2, -0.15) is 11.8 Å². The van der Waals surface area contributed by atoms with E-state index in [2.05, 4.69) is 4.72 Å². The second-order valence-electron chi connectivity index (χ2n) is 4.62. The highest BCUT2D eigenvalue weighted by atomic mass is 32.2. The van der Waals surface area contributed by atoms with Crippen molar-refractivity contribution in [1.29, 1.82) is 0 Å². The first-order chi connectivity index (χ1) is 8.92. The van der Waals surface area contributed by atoms with E-state index in [1.807, 2.05) is 6.26 Å². The Bertz CT molecular complexity index is 568. The summed E-state index contributed by atoms with van der Waals surface area (Å²) in [6.45, 7) is 0.448. The van der Waals surface area contributed by atoms with E-state index in [1.54, 1.807) is 17.8 Å². The molecule has 0 aromatic heterocycles. The van der Waals surface area contributed by atoms with E-state index in [-0.39, 0.29) is 15.4 Å². The highest BCUT2D eigenvalue weighted by Crippen LogP contribution is 2.46. The highest BCUT2D eigenvalue weighted by molar-refractivity contribution is 8.00. The first-order valence-electron chi connectivity index (χ1n) is 5.91. The molecule has 0 radical (unpaired) electrons. The summed E-state index contributed by atoms with van der Waals surface area (Å²) < 4.78 is 32.4. The number of nitrogen functional groups attached to an aromatic ring is 1. The molecule has 1 aliphatic rings. The minimum atomic E-state index is -3.57. The van der Waals surface area contributed by atoms with Crippen LogP contribution < -0.4 is 15.2 Å². The third-order valence-corrected chi connectivity index (χ3v) is 6.16. The number of sulfonamides is 1. The van der Waals surface area contributed by atoms with Gasteiger partial charge in [-0.25, -0.2) is 13.1 Å². The van der Waals surface area contributed by atoms with Gasteiger partial charge in [-0.05, 0) is 31.2 Å². The summed E-state index contributed by atoms with van der Waals surface area (Å²) in [6, 6.07) is 4.53. The number of hydrogen-bond acceptors (Lipinski definition) is 5. The molecule has 3 N–H and O–H groups in total. The van der Waals surface area contributed by atoms with E-state index in [0.717, 1.165) is 12.8 Å². The number of nitrogens with one attached hydrogen (secondary N) is 1. The lowest BCUT2D eigenvalue weighted by Crippen LogP contribution is -2.32. The second-order valence-corrected chi connectivity index (χ2v) is 7.63. The molecule has 0 unspecified atom stereocenters. The van der Waals surface area contributed by atoms with Gasteiger partial charge in [-0.3, -0.25) is 0 Å². The molecule has 2 rings (SSSR count). The van der Waals surface area contributed by atoms with Gasteiger partial charge in [0.25, 0.3) is 0 Å².